The van der Waals surface area contributed by atoms with Gasteiger partial charge in [-0.2, -0.15) is 0 Å². The van der Waals surface area contributed by atoms with E-state index in [0.717, 1.165) is 18.4 Å². The van der Waals surface area contributed by atoms with Gasteiger partial charge in [-0.05, 0) is 64.3 Å². The standard InChI is InChI=1S/C15H30N2/c1-12-8-13(2)10-15(9-12,11-16)17-7-5-6-14(17,3)4/h12-13H,5-11,16H2,1-4H3. The van der Waals surface area contributed by atoms with Crippen LogP contribution in [0, 0.1) is 11.8 Å². The lowest BCUT2D eigenvalue weighted by atomic mass is 9.70. The van der Waals surface area contributed by atoms with Crippen molar-refractivity contribution in [2.24, 2.45) is 17.6 Å². The Labute approximate surface area is 107 Å². The topological polar surface area (TPSA) is 29.3 Å². The monoisotopic (exact) mass is 238 g/mol. The number of hydrogen-bond acceptors (Lipinski definition) is 2. The third-order valence-electron chi connectivity index (χ3n) is 5.12. The number of rotatable bonds is 2. The molecule has 2 heteroatoms. The Balaban J connectivity index is 2.24. The first-order chi connectivity index (χ1) is 7.89. The van der Waals surface area contributed by atoms with E-state index in [0.29, 0.717) is 5.54 Å². The fourth-order valence-electron chi connectivity index (χ4n) is 4.72. The zero-order chi connectivity index (χ0) is 12.7. The molecule has 1 aliphatic carbocycles. The summed E-state index contributed by atoms with van der Waals surface area (Å²) in [5.41, 5.74) is 6.87. The predicted octanol–water partition coefficient (Wildman–Crippen LogP) is 3.01. The van der Waals surface area contributed by atoms with Crippen LogP contribution in [0.5, 0.6) is 0 Å². The molecule has 2 atom stereocenters. The van der Waals surface area contributed by atoms with Crippen molar-refractivity contribution in [1.82, 2.24) is 4.90 Å². The normalized spacial score (nSPS) is 42.9. The minimum atomic E-state index is 0.289. The highest BCUT2D eigenvalue weighted by atomic mass is 15.3. The molecule has 2 unspecified atom stereocenters. The first-order valence-electron chi connectivity index (χ1n) is 7.37. The van der Waals surface area contributed by atoms with Crippen LogP contribution in [0.1, 0.15) is 59.8 Å². The van der Waals surface area contributed by atoms with Crippen LogP contribution in [0.25, 0.3) is 0 Å². The second-order valence-electron chi connectivity index (χ2n) is 7.35. The van der Waals surface area contributed by atoms with Crippen molar-refractivity contribution in [2.75, 3.05) is 13.1 Å². The maximum atomic E-state index is 6.22. The fourth-order valence-corrected chi connectivity index (χ4v) is 4.72. The van der Waals surface area contributed by atoms with E-state index < -0.39 is 0 Å². The van der Waals surface area contributed by atoms with Crippen molar-refractivity contribution in [1.29, 1.82) is 0 Å². The number of likely N-dealkylation sites (tertiary alicyclic amines) is 1. The van der Waals surface area contributed by atoms with E-state index in [1.54, 1.807) is 0 Å². The van der Waals surface area contributed by atoms with Crippen LogP contribution in [-0.2, 0) is 0 Å². The molecule has 1 aliphatic heterocycles. The highest BCUT2D eigenvalue weighted by molar-refractivity contribution is 5.04. The van der Waals surface area contributed by atoms with Gasteiger partial charge in [0, 0.05) is 17.6 Å². The van der Waals surface area contributed by atoms with E-state index in [9.17, 15) is 0 Å². The van der Waals surface area contributed by atoms with Crippen molar-refractivity contribution in [2.45, 2.75) is 70.9 Å². The molecule has 2 rings (SSSR count). The van der Waals surface area contributed by atoms with E-state index in [1.807, 2.05) is 0 Å². The van der Waals surface area contributed by atoms with Gasteiger partial charge in [-0.15, -0.1) is 0 Å². The lowest BCUT2D eigenvalue weighted by Gasteiger charge is -2.53. The highest BCUT2D eigenvalue weighted by Crippen LogP contribution is 2.45. The second-order valence-corrected chi connectivity index (χ2v) is 7.35. The van der Waals surface area contributed by atoms with Crippen molar-refractivity contribution >= 4 is 0 Å². The van der Waals surface area contributed by atoms with Crippen LogP contribution in [0.15, 0.2) is 0 Å². The number of hydrogen-bond donors (Lipinski definition) is 1. The van der Waals surface area contributed by atoms with E-state index in [4.69, 9.17) is 5.73 Å². The summed E-state index contributed by atoms with van der Waals surface area (Å²) in [5.74, 6) is 1.66. The molecular weight excluding hydrogens is 208 g/mol. The Morgan fingerprint density at radius 3 is 2.18 bits per heavy atom. The molecule has 2 N–H and O–H groups in total. The molecule has 0 radical (unpaired) electrons. The number of nitrogens with zero attached hydrogens (tertiary/aromatic N) is 1. The Hall–Kier alpha value is -0.0800. The molecule has 2 nitrogen and oxygen atoms in total. The van der Waals surface area contributed by atoms with Gasteiger partial charge in [0.1, 0.15) is 0 Å². The minimum Gasteiger partial charge on any atom is -0.329 e. The summed E-state index contributed by atoms with van der Waals surface area (Å²) in [4.78, 5) is 2.76. The second kappa shape index (κ2) is 4.55. The van der Waals surface area contributed by atoms with Crippen LogP contribution >= 0.6 is 0 Å². The van der Waals surface area contributed by atoms with Crippen LogP contribution in [0.4, 0.5) is 0 Å². The van der Waals surface area contributed by atoms with Crippen molar-refractivity contribution in [3.8, 4) is 0 Å². The van der Waals surface area contributed by atoms with Gasteiger partial charge in [0.25, 0.3) is 0 Å². The quantitative estimate of drug-likeness (QED) is 0.801. The summed E-state index contributed by atoms with van der Waals surface area (Å²) in [6.07, 6.45) is 6.67. The Morgan fingerprint density at radius 2 is 1.76 bits per heavy atom. The molecule has 100 valence electrons. The molecule has 1 saturated carbocycles. The summed E-state index contributed by atoms with van der Waals surface area (Å²) in [5, 5.41) is 0. The van der Waals surface area contributed by atoms with Gasteiger partial charge in [0.2, 0.25) is 0 Å². The lowest BCUT2D eigenvalue weighted by molar-refractivity contribution is -0.0197. The molecule has 0 amide bonds. The molecule has 0 aromatic carbocycles. The molecule has 0 aromatic rings. The van der Waals surface area contributed by atoms with Crippen LogP contribution in [0.3, 0.4) is 0 Å². The van der Waals surface area contributed by atoms with Crippen LogP contribution in [-0.4, -0.2) is 29.1 Å². The van der Waals surface area contributed by atoms with Crippen LogP contribution in [0.2, 0.25) is 0 Å². The van der Waals surface area contributed by atoms with Gasteiger partial charge < -0.3 is 5.73 Å². The van der Waals surface area contributed by atoms with Crippen molar-refractivity contribution in [3.63, 3.8) is 0 Å². The van der Waals surface area contributed by atoms with E-state index in [1.165, 1.54) is 38.6 Å². The predicted molar refractivity (Wildman–Crippen MR) is 74.0 cm³/mol. The molecule has 0 aromatic heterocycles. The Morgan fingerprint density at radius 1 is 1.18 bits per heavy atom. The zero-order valence-electron chi connectivity index (χ0n) is 12.1. The van der Waals surface area contributed by atoms with Crippen molar-refractivity contribution in [3.05, 3.63) is 0 Å². The number of nitrogens with two attached hydrogens (primary N) is 1. The van der Waals surface area contributed by atoms with Crippen molar-refractivity contribution < 1.29 is 0 Å². The molecule has 17 heavy (non-hydrogen) atoms. The van der Waals surface area contributed by atoms with E-state index >= 15 is 0 Å². The third-order valence-corrected chi connectivity index (χ3v) is 5.12. The average Bonchev–Trinajstić information content (AvgIpc) is 2.57. The summed E-state index contributed by atoms with van der Waals surface area (Å²) >= 11 is 0. The molecule has 1 saturated heterocycles. The maximum Gasteiger partial charge on any atom is 0.0342 e. The summed E-state index contributed by atoms with van der Waals surface area (Å²) < 4.78 is 0. The van der Waals surface area contributed by atoms with Gasteiger partial charge in [-0.25, -0.2) is 0 Å². The summed E-state index contributed by atoms with van der Waals surface area (Å²) in [6, 6.07) is 0. The lowest BCUT2D eigenvalue weighted by Crippen LogP contribution is -2.61. The van der Waals surface area contributed by atoms with E-state index in [-0.39, 0.29) is 5.54 Å². The van der Waals surface area contributed by atoms with Crippen LogP contribution < -0.4 is 5.73 Å². The zero-order valence-corrected chi connectivity index (χ0v) is 12.1. The highest BCUT2D eigenvalue weighted by Gasteiger charge is 2.48. The van der Waals surface area contributed by atoms with Gasteiger partial charge in [0.15, 0.2) is 0 Å². The van der Waals surface area contributed by atoms with Gasteiger partial charge in [-0.3, -0.25) is 4.90 Å². The summed E-state index contributed by atoms with van der Waals surface area (Å²) in [6.45, 7) is 11.7. The van der Waals surface area contributed by atoms with E-state index in [2.05, 4.69) is 32.6 Å². The van der Waals surface area contributed by atoms with Gasteiger partial charge >= 0.3 is 0 Å². The summed E-state index contributed by atoms with van der Waals surface area (Å²) in [7, 11) is 0. The average molecular weight is 238 g/mol. The maximum absolute atomic E-state index is 6.22. The molecule has 2 aliphatic rings. The Bertz CT molecular complexity index is 262. The largest absolute Gasteiger partial charge is 0.329 e. The third kappa shape index (κ3) is 2.39. The smallest absolute Gasteiger partial charge is 0.0342 e. The molecule has 0 bridgehead atoms. The first kappa shape index (κ1) is 13.4. The molecule has 2 fully saturated rings. The fraction of sp³-hybridized carbons (Fsp3) is 1.00. The SMILES string of the molecule is CC1CC(C)CC(CN)(N2CCCC2(C)C)C1. The molecule has 0 spiro atoms. The minimum absolute atomic E-state index is 0.289. The van der Waals surface area contributed by atoms with Gasteiger partial charge in [-0.1, -0.05) is 13.8 Å². The van der Waals surface area contributed by atoms with Gasteiger partial charge in [0.05, 0.1) is 0 Å². The molecule has 1 heterocycles. The first-order valence-corrected chi connectivity index (χ1v) is 7.37. The molecular formula is C15H30N2. The Kier molecular flexibility index (Phi) is 3.57.